The second kappa shape index (κ2) is 10.2. The van der Waals surface area contributed by atoms with E-state index in [2.05, 4.69) is 30.5 Å². The van der Waals surface area contributed by atoms with E-state index < -0.39 is 6.04 Å². The van der Waals surface area contributed by atoms with Crippen LogP contribution in [-0.4, -0.2) is 53.1 Å². The Morgan fingerprint density at radius 2 is 1.94 bits per heavy atom. The molecule has 2 aromatic heterocycles. The highest BCUT2D eigenvalue weighted by Crippen LogP contribution is 2.24. The van der Waals surface area contributed by atoms with Gasteiger partial charge in [-0.2, -0.15) is 0 Å². The first kappa shape index (κ1) is 23.1. The van der Waals surface area contributed by atoms with Gasteiger partial charge in [0.25, 0.3) is 11.8 Å². The Kier molecular flexibility index (Phi) is 7.17. The first-order valence-electron chi connectivity index (χ1n) is 10.4. The van der Waals surface area contributed by atoms with Crippen LogP contribution in [0.1, 0.15) is 43.7 Å². The van der Waals surface area contributed by atoms with Crippen LogP contribution in [-0.2, 0) is 4.74 Å². The maximum Gasteiger partial charge on any atom is 0.270 e. The van der Waals surface area contributed by atoms with Gasteiger partial charge in [0.05, 0.1) is 25.5 Å². The zero-order valence-electron chi connectivity index (χ0n) is 18.2. The molecular weight excluding hydrogens is 464 g/mol. The van der Waals surface area contributed by atoms with Gasteiger partial charge in [-0.1, -0.05) is 17.7 Å². The predicted molar refractivity (Wildman–Crippen MR) is 127 cm³/mol. The Balaban J connectivity index is 1.39. The van der Waals surface area contributed by atoms with Crippen LogP contribution in [0.2, 0.25) is 5.02 Å². The van der Waals surface area contributed by atoms with Crippen LogP contribution in [0.15, 0.2) is 36.8 Å². The molecule has 3 heterocycles. The van der Waals surface area contributed by atoms with Gasteiger partial charge < -0.3 is 20.3 Å². The van der Waals surface area contributed by atoms with Gasteiger partial charge in [0.1, 0.15) is 27.7 Å². The SMILES string of the molecule is Cc1ccc(NC(=O)c2cnc(C(C)NC(=O)c3cc(N4CCOCC4)ncn3)s2)cc1Cl. The monoisotopic (exact) mass is 486 g/mol. The molecule has 0 bridgehead atoms. The number of aromatic nitrogens is 3. The maximum absolute atomic E-state index is 12.7. The average Bonchev–Trinajstić information content (AvgIpc) is 3.33. The lowest BCUT2D eigenvalue weighted by Crippen LogP contribution is -2.37. The van der Waals surface area contributed by atoms with Crippen LogP contribution in [0.5, 0.6) is 0 Å². The number of ether oxygens (including phenoxy) is 1. The van der Waals surface area contributed by atoms with E-state index in [1.165, 1.54) is 23.9 Å². The molecule has 11 heteroatoms. The molecule has 33 heavy (non-hydrogen) atoms. The van der Waals surface area contributed by atoms with Gasteiger partial charge in [0, 0.05) is 29.9 Å². The molecule has 1 atom stereocenters. The minimum Gasteiger partial charge on any atom is -0.378 e. The zero-order valence-corrected chi connectivity index (χ0v) is 19.7. The number of nitrogens with one attached hydrogen (secondary N) is 2. The standard InChI is InChI=1S/C22H23ClN6O3S/c1-13-3-4-15(9-16(13)23)28-21(31)18-11-24-22(33-18)14(2)27-20(30)17-10-19(26-12-25-17)29-5-7-32-8-6-29/h3-4,9-12,14H,5-8H2,1-2H3,(H,27,30)(H,28,31). The number of halogens is 1. The van der Waals surface area contributed by atoms with Crippen molar-refractivity contribution in [3.05, 3.63) is 63.0 Å². The number of carbonyl (C=O) groups excluding carboxylic acids is 2. The van der Waals surface area contributed by atoms with Crippen molar-refractivity contribution in [2.24, 2.45) is 0 Å². The summed E-state index contributed by atoms with van der Waals surface area (Å²) >= 11 is 7.34. The first-order valence-corrected chi connectivity index (χ1v) is 11.6. The molecule has 0 radical (unpaired) electrons. The molecule has 0 aliphatic carbocycles. The number of anilines is 2. The van der Waals surface area contributed by atoms with Crippen LogP contribution in [0.25, 0.3) is 0 Å². The molecule has 172 valence electrons. The van der Waals surface area contributed by atoms with E-state index in [1.54, 1.807) is 18.2 Å². The third-order valence-corrected chi connectivity index (χ3v) is 6.70. The Morgan fingerprint density at radius 3 is 2.70 bits per heavy atom. The quantitative estimate of drug-likeness (QED) is 0.549. The summed E-state index contributed by atoms with van der Waals surface area (Å²) in [5.74, 6) is 0.0635. The Morgan fingerprint density at radius 1 is 1.15 bits per heavy atom. The summed E-state index contributed by atoms with van der Waals surface area (Å²) in [7, 11) is 0. The minimum absolute atomic E-state index is 0.268. The van der Waals surface area contributed by atoms with Crippen molar-refractivity contribution in [1.82, 2.24) is 20.3 Å². The molecule has 1 aliphatic heterocycles. The fraction of sp³-hybridized carbons (Fsp3) is 0.318. The highest BCUT2D eigenvalue weighted by Gasteiger charge is 2.20. The van der Waals surface area contributed by atoms with Gasteiger partial charge in [-0.25, -0.2) is 15.0 Å². The van der Waals surface area contributed by atoms with Crippen LogP contribution >= 0.6 is 22.9 Å². The number of amides is 2. The lowest BCUT2D eigenvalue weighted by molar-refractivity contribution is 0.0934. The zero-order chi connectivity index (χ0) is 23.4. The molecule has 3 aromatic rings. The summed E-state index contributed by atoms with van der Waals surface area (Å²) in [6.07, 6.45) is 2.88. The van der Waals surface area contributed by atoms with E-state index in [0.717, 1.165) is 5.56 Å². The van der Waals surface area contributed by atoms with Crippen molar-refractivity contribution in [2.45, 2.75) is 19.9 Å². The molecule has 1 aliphatic rings. The molecule has 0 saturated carbocycles. The second-order valence-corrected chi connectivity index (χ2v) is 9.01. The number of morpholine rings is 1. The van der Waals surface area contributed by atoms with Crippen molar-refractivity contribution in [1.29, 1.82) is 0 Å². The Bertz CT molecular complexity index is 1160. The second-order valence-electron chi connectivity index (χ2n) is 7.54. The number of rotatable bonds is 6. The molecule has 1 unspecified atom stereocenters. The molecule has 2 amide bonds. The van der Waals surface area contributed by atoms with Crippen molar-refractivity contribution in [3.8, 4) is 0 Å². The van der Waals surface area contributed by atoms with Gasteiger partial charge >= 0.3 is 0 Å². The summed E-state index contributed by atoms with van der Waals surface area (Å²) < 4.78 is 5.36. The number of hydrogen-bond acceptors (Lipinski definition) is 8. The van der Waals surface area contributed by atoms with E-state index in [4.69, 9.17) is 16.3 Å². The van der Waals surface area contributed by atoms with Crippen LogP contribution in [0, 0.1) is 6.92 Å². The first-order chi connectivity index (χ1) is 15.9. The third kappa shape index (κ3) is 5.65. The normalized spacial score (nSPS) is 14.6. The highest BCUT2D eigenvalue weighted by molar-refractivity contribution is 7.13. The highest BCUT2D eigenvalue weighted by atomic mass is 35.5. The molecule has 2 N–H and O–H groups in total. The van der Waals surface area contributed by atoms with Gasteiger partial charge in [-0.3, -0.25) is 9.59 Å². The van der Waals surface area contributed by atoms with E-state index in [0.29, 0.717) is 52.7 Å². The van der Waals surface area contributed by atoms with Crippen LogP contribution in [0.4, 0.5) is 11.5 Å². The summed E-state index contributed by atoms with van der Waals surface area (Å²) in [5.41, 5.74) is 1.80. The number of hydrogen-bond donors (Lipinski definition) is 2. The third-order valence-electron chi connectivity index (χ3n) is 5.12. The van der Waals surface area contributed by atoms with Crippen molar-refractivity contribution >= 4 is 46.3 Å². The number of carbonyl (C=O) groups is 2. The van der Waals surface area contributed by atoms with E-state index >= 15 is 0 Å². The smallest absolute Gasteiger partial charge is 0.270 e. The lowest BCUT2D eigenvalue weighted by Gasteiger charge is -2.27. The summed E-state index contributed by atoms with van der Waals surface area (Å²) in [6.45, 7) is 6.38. The minimum atomic E-state index is -0.403. The summed E-state index contributed by atoms with van der Waals surface area (Å²) in [6, 6.07) is 6.59. The molecular formula is C22H23ClN6O3S. The van der Waals surface area contributed by atoms with Gasteiger partial charge in [-0.15, -0.1) is 11.3 Å². The number of aryl methyl sites for hydroxylation is 1. The maximum atomic E-state index is 12.7. The topological polar surface area (TPSA) is 109 Å². The molecule has 1 aromatic carbocycles. The van der Waals surface area contributed by atoms with Crippen molar-refractivity contribution in [3.63, 3.8) is 0 Å². The fourth-order valence-corrected chi connectivity index (χ4v) is 4.22. The van der Waals surface area contributed by atoms with E-state index in [-0.39, 0.29) is 17.5 Å². The van der Waals surface area contributed by atoms with Gasteiger partial charge in [0.2, 0.25) is 0 Å². The fourth-order valence-electron chi connectivity index (χ4n) is 3.23. The molecule has 1 saturated heterocycles. The average molecular weight is 487 g/mol. The van der Waals surface area contributed by atoms with Crippen LogP contribution in [0.3, 0.4) is 0 Å². The predicted octanol–water partition coefficient (Wildman–Crippen LogP) is 3.47. The number of benzene rings is 1. The van der Waals surface area contributed by atoms with E-state index in [9.17, 15) is 9.59 Å². The van der Waals surface area contributed by atoms with Crippen molar-refractivity contribution in [2.75, 3.05) is 36.5 Å². The Labute approximate surface area is 200 Å². The van der Waals surface area contributed by atoms with Gasteiger partial charge in [0.15, 0.2) is 0 Å². The summed E-state index contributed by atoms with van der Waals surface area (Å²) in [5, 5.41) is 6.88. The lowest BCUT2D eigenvalue weighted by atomic mass is 10.2. The molecule has 4 rings (SSSR count). The number of nitrogens with zero attached hydrogens (tertiary/aromatic N) is 4. The van der Waals surface area contributed by atoms with Gasteiger partial charge in [-0.05, 0) is 31.5 Å². The molecule has 9 nitrogen and oxygen atoms in total. The van der Waals surface area contributed by atoms with Crippen LogP contribution < -0.4 is 15.5 Å². The summed E-state index contributed by atoms with van der Waals surface area (Å²) in [4.78, 5) is 40.5. The largest absolute Gasteiger partial charge is 0.378 e. The molecule has 0 spiro atoms. The molecule has 1 fully saturated rings. The Hall–Kier alpha value is -3.08. The number of thiazole rings is 1. The van der Waals surface area contributed by atoms with E-state index in [1.807, 2.05) is 19.9 Å². The van der Waals surface area contributed by atoms with Crippen molar-refractivity contribution < 1.29 is 14.3 Å².